The molecule has 0 amide bonds. The quantitative estimate of drug-likeness (QED) is 0.938. The molecular formula is C12H11Cl2N3O2S. The third kappa shape index (κ3) is 2.67. The maximum absolute atomic E-state index is 12.6. The van der Waals surface area contributed by atoms with Gasteiger partial charge < -0.3 is 5.73 Å². The number of hydrogen-bond acceptors (Lipinski definition) is 4. The Labute approximate surface area is 127 Å². The number of hydrogen-bond donors (Lipinski definition) is 1. The van der Waals surface area contributed by atoms with Crippen LogP contribution < -0.4 is 10.0 Å². The Morgan fingerprint density at radius 3 is 2.60 bits per heavy atom. The van der Waals surface area contributed by atoms with E-state index in [4.69, 9.17) is 28.9 Å². The molecule has 2 N–H and O–H groups in total. The monoisotopic (exact) mass is 331 g/mol. The Morgan fingerprint density at radius 1 is 1.25 bits per heavy atom. The number of nitrogens with two attached hydrogens (primary N) is 1. The van der Waals surface area contributed by atoms with Crippen LogP contribution >= 0.6 is 23.2 Å². The third-order valence-electron chi connectivity index (χ3n) is 2.70. The summed E-state index contributed by atoms with van der Waals surface area (Å²) < 4.78 is 26.2. The van der Waals surface area contributed by atoms with Crippen LogP contribution in [0.4, 0.5) is 11.4 Å². The summed E-state index contributed by atoms with van der Waals surface area (Å²) in [6.45, 7) is 0. The van der Waals surface area contributed by atoms with Crippen molar-refractivity contribution >= 4 is 44.6 Å². The average molecular weight is 332 g/mol. The summed E-state index contributed by atoms with van der Waals surface area (Å²) >= 11 is 11.8. The molecule has 0 aliphatic heterocycles. The van der Waals surface area contributed by atoms with E-state index in [0.717, 1.165) is 4.31 Å². The summed E-state index contributed by atoms with van der Waals surface area (Å²) in [6.07, 6.45) is 2.83. The van der Waals surface area contributed by atoms with E-state index in [1.807, 2.05) is 0 Å². The molecule has 20 heavy (non-hydrogen) atoms. The highest BCUT2D eigenvalue weighted by Gasteiger charge is 2.25. The molecule has 0 fully saturated rings. The largest absolute Gasteiger partial charge is 0.396 e. The van der Waals surface area contributed by atoms with E-state index in [1.165, 1.54) is 43.7 Å². The summed E-state index contributed by atoms with van der Waals surface area (Å²) in [7, 11) is -2.47. The van der Waals surface area contributed by atoms with Crippen LogP contribution in [0.2, 0.25) is 10.0 Å². The van der Waals surface area contributed by atoms with Gasteiger partial charge in [0, 0.05) is 18.3 Å². The lowest BCUT2D eigenvalue weighted by molar-refractivity contribution is 0.594. The maximum atomic E-state index is 12.6. The van der Waals surface area contributed by atoms with Crippen molar-refractivity contribution < 1.29 is 8.42 Å². The molecule has 0 saturated carbocycles. The minimum atomic E-state index is -3.86. The SMILES string of the molecule is CN(c1ccncc1N)S(=O)(=O)c1cc(Cl)ccc1Cl. The molecule has 1 aromatic carbocycles. The second-order valence-electron chi connectivity index (χ2n) is 3.98. The first-order valence-corrected chi connectivity index (χ1v) is 7.67. The van der Waals surface area contributed by atoms with Gasteiger partial charge >= 0.3 is 0 Å². The Balaban J connectivity index is 2.56. The first-order chi connectivity index (χ1) is 9.34. The number of halogens is 2. The fourth-order valence-corrected chi connectivity index (χ4v) is 3.60. The van der Waals surface area contributed by atoms with Crippen LogP contribution in [0.5, 0.6) is 0 Å². The van der Waals surface area contributed by atoms with E-state index in [9.17, 15) is 8.42 Å². The fourth-order valence-electron chi connectivity index (χ4n) is 1.64. The first kappa shape index (κ1) is 14.9. The maximum Gasteiger partial charge on any atom is 0.265 e. The van der Waals surface area contributed by atoms with Crippen molar-refractivity contribution in [3.8, 4) is 0 Å². The summed E-state index contributed by atoms with van der Waals surface area (Å²) in [6, 6.07) is 5.75. The lowest BCUT2D eigenvalue weighted by atomic mass is 10.3. The molecule has 1 heterocycles. The van der Waals surface area contributed by atoms with Gasteiger partial charge in [-0.25, -0.2) is 8.42 Å². The summed E-state index contributed by atoms with van der Waals surface area (Å²) in [5, 5.41) is 0.373. The van der Waals surface area contributed by atoms with E-state index in [2.05, 4.69) is 4.98 Å². The number of pyridine rings is 1. The lowest BCUT2D eigenvalue weighted by Gasteiger charge is -2.21. The van der Waals surface area contributed by atoms with Gasteiger partial charge in [0.1, 0.15) is 4.90 Å². The van der Waals surface area contributed by atoms with Gasteiger partial charge in [-0.15, -0.1) is 0 Å². The van der Waals surface area contributed by atoms with Crippen LogP contribution in [0.3, 0.4) is 0 Å². The standard InChI is InChI=1S/C12H11Cl2N3O2S/c1-17(11-4-5-16-7-10(11)15)20(18,19)12-6-8(13)2-3-9(12)14/h2-7H,15H2,1H3. The van der Waals surface area contributed by atoms with Crippen LogP contribution in [0.15, 0.2) is 41.6 Å². The number of sulfonamides is 1. The van der Waals surface area contributed by atoms with Gasteiger partial charge in [0.05, 0.1) is 22.6 Å². The van der Waals surface area contributed by atoms with E-state index in [1.54, 1.807) is 0 Å². The van der Waals surface area contributed by atoms with Crippen molar-refractivity contribution in [3.63, 3.8) is 0 Å². The number of benzene rings is 1. The van der Waals surface area contributed by atoms with Crippen molar-refractivity contribution in [1.82, 2.24) is 4.98 Å². The summed E-state index contributed by atoms with van der Waals surface area (Å²) in [5.74, 6) is 0. The van der Waals surface area contributed by atoms with Crippen LogP contribution in [-0.2, 0) is 10.0 Å². The van der Waals surface area contributed by atoms with Crippen molar-refractivity contribution in [2.24, 2.45) is 0 Å². The van der Waals surface area contributed by atoms with Crippen molar-refractivity contribution in [2.45, 2.75) is 4.90 Å². The zero-order valence-electron chi connectivity index (χ0n) is 10.4. The Morgan fingerprint density at radius 2 is 1.95 bits per heavy atom. The highest BCUT2D eigenvalue weighted by Crippen LogP contribution is 2.31. The highest BCUT2D eigenvalue weighted by atomic mass is 35.5. The smallest absolute Gasteiger partial charge is 0.265 e. The molecular weight excluding hydrogens is 321 g/mol. The zero-order valence-corrected chi connectivity index (χ0v) is 12.7. The molecule has 0 aliphatic rings. The molecule has 2 rings (SSSR count). The summed E-state index contributed by atoms with van der Waals surface area (Å²) in [5.41, 5.74) is 6.30. The molecule has 0 saturated heterocycles. The first-order valence-electron chi connectivity index (χ1n) is 5.47. The predicted molar refractivity (Wildman–Crippen MR) is 80.7 cm³/mol. The fraction of sp³-hybridized carbons (Fsp3) is 0.0833. The second-order valence-corrected chi connectivity index (χ2v) is 6.76. The van der Waals surface area contributed by atoms with Crippen molar-refractivity contribution in [3.05, 3.63) is 46.7 Å². The predicted octanol–water partition coefficient (Wildman–Crippen LogP) is 2.80. The molecule has 8 heteroatoms. The molecule has 0 atom stereocenters. The molecule has 5 nitrogen and oxygen atoms in total. The van der Waals surface area contributed by atoms with E-state index >= 15 is 0 Å². The topological polar surface area (TPSA) is 76.3 Å². The number of anilines is 2. The molecule has 0 bridgehead atoms. The zero-order chi connectivity index (χ0) is 14.9. The van der Waals surface area contributed by atoms with Crippen molar-refractivity contribution in [2.75, 3.05) is 17.1 Å². The van der Waals surface area contributed by atoms with Crippen LogP contribution in [-0.4, -0.2) is 20.4 Å². The van der Waals surface area contributed by atoms with Gasteiger partial charge in [-0.05, 0) is 24.3 Å². The van der Waals surface area contributed by atoms with Crippen LogP contribution in [0.25, 0.3) is 0 Å². The molecule has 1 aromatic heterocycles. The molecule has 106 valence electrons. The van der Waals surface area contributed by atoms with E-state index in [-0.39, 0.29) is 20.6 Å². The van der Waals surface area contributed by atoms with Gasteiger partial charge in [-0.3, -0.25) is 9.29 Å². The van der Waals surface area contributed by atoms with Crippen LogP contribution in [0, 0.1) is 0 Å². The number of nitrogen functional groups attached to an aromatic ring is 1. The molecule has 0 aliphatic carbocycles. The number of aromatic nitrogens is 1. The highest BCUT2D eigenvalue weighted by molar-refractivity contribution is 7.93. The molecule has 2 aromatic rings. The van der Waals surface area contributed by atoms with Crippen molar-refractivity contribution in [1.29, 1.82) is 0 Å². The van der Waals surface area contributed by atoms with Gasteiger partial charge in [0.15, 0.2) is 0 Å². The summed E-state index contributed by atoms with van der Waals surface area (Å²) in [4.78, 5) is 3.74. The molecule has 0 radical (unpaired) electrons. The van der Waals surface area contributed by atoms with E-state index in [0.29, 0.717) is 5.69 Å². The minimum absolute atomic E-state index is 0.0784. The normalized spacial score (nSPS) is 11.3. The number of nitrogens with zero attached hydrogens (tertiary/aromatic N) is 2. The Kier molecular flexibility index (Phi) is 4.08. The molecule has 0 unspecified atom stereocenters. The van der Waals surface area contributed by atoms with Gasteiger partial charge in [-0.2, -0.15) is 0 Å². The Bertz CT molecular complexity index is 750. The average Bonchev–Trinajstić information content (AvgIpc) is 2.41. The van der Waals surface area contributed by atoms with Gasteiger partial charge in [0.25, 0.3) is 10.0 Å². The van der Waals surface area contributed by atoms with Gasteiger partial charge in [-0.1, -0.05) is 23.2 Å². The van der Waals surface area contributed by atoms with E-state index < -0.39 is 10.0 Å². The second kappa shape index (κ2) is 5.47. The van der Waals surface area contributed by atoms with Crippen LogP contribution in [0.1, 0.15) is 0 Å². The third-order valence-corrected chi connectivity index (χ3v) is 5.19. The Hall–Kier alpha value is -1.50. The molecule has 0 spiro atoms. The minimum Gasteiger partial charge on any atom is -0.396 e. The lowest BCUT2D eigenvalue weighted by Crippen LogP contribution is -2.27. The van der Waals surface area contributed by atoms with Gasteiger partial charge in [0.2, 0.25) is 0 Å². The number of rotatable bonds is 3.